The van der Waals surface area contributed by atoms with Crippen molar-refractivity contribution in [1.82, 2.24) is 10.2 Å². The Morgan fingerprint density at radius 1 is 1.36 bits per heavy atom. The maximum Gasteiger partial charge on any atom is 0.205 e. The summed E-state index contributed by atoms with van der Waals surface area (Å²) in [5, 5.41) is 20.8. The predicted molar refractivity (Wildman–Crippen MR) is 55.3 cm³/mol. The highest BCUT2D eigenvalue weighted by Gasteiger charge is 2.00. The normalized spacial score (nSPS) is 10.0. The number of para-hydroxylation sites is 1. The summed E-state index contributed by atoms with van der Waals surface area (Å²) >= 11 is 1.43. The first kappa shape index (κ1) is 8.96. The van der Waals surface area contributed by atoms with Crippen LogP contribution in [0.15, 0.2) is 29.8 Å². The van der Waals surface area contributed by atoms with Crippen molar-refractivity contribution in [3.05, 3.63) is 35.3 Å². The number of nitrogens with one attached hydrogen (secondary N) is 1. The fourth-order valence-electron chi connectivity index (χ4n) is 1.08. The Balaban J connectivity index is 2.02. The molecule has 0 fully saturated rings. The lowest BCUT2D eigenvalue weighted by molar-refractivity contribution is 0.469. The van der Waals surface area contributed by atoms with E-state index in [4.69, 9.17) is 0 Å². The van der Waals surface area contributed by atoms with Gasteiger partial charge in [-0.2, -0.15) is 0 Å². The zero-order valence-corrected chi connectivity index (χ0v) is 8.16. The number of hydrogen-bond donors (Lipinski definition) is 2. The predicted octanol–water partition coefficient (Wildman–Crippen LogP) is 1.86. The summed E-state index contributed by atoms with van der Waals surface area (Å²) in [5.74, 6) is 0.296. The summed E-state index contributed by atoms with van der Waals surface area (Å²) in [6.07, 6.45) is 0. The van der Waals surface area contributed by atoms with E-state index in [9.17, 15) is 5.11 Å². The number of aromatic nitrogens is 2. The molecule has 0 aliphatic carbocycles. The number of phenols is 1. The van der Waals surface area contributed by atoms with Gasteiger partial charge in [-0.15, -0.1) is 10.2 Å². The first-order valence-electron chi connectivity index (χ1n) is 4.13. The molecule has 0 spiro atoms. The molecule has 0 radical (unpaired) electrons. The number of benzene rings is 1. The maximum atomic E-state index is 9.47. The zero-order valence-electron chi connectivity index (χ0n) is 7.34. The first-order valence-corrected chi connectivity index (χ1v) is 5.01. The maximum absolute atomic E-state index is 9.47. The number of aromatic hydroxyl groups is 1. The second-order valence-electron chi connectivity index (χ2n) is 2.73. The third-order valence-electron chi connectivity index (χ3n) is 1.78. The van der Waals surface area contributed by atoms with Crippen LogP contribution in [-0.2, 0) is 6.54 Å². The lowest BCUT2D eigenvalue weighted by Gasteiger charge is -2.03. The highest BCUT2D eigenvalue weighted by atomic mass is 32.1. The monoisotopic (exact) mass is 207 g/mol. The Kier molecular flexibility index (Phi) is 2.60. The second-order valence-corrected chi connectivity index (χ2v) is 3.56. The van der Waals surface area contributed by atoms with Crippen molar-refractivity contribution in [3.63, 3.8) is 0 Å². The third kappa shape index (κ3) is 2.00. The van der Waals surface area contributed by atoms with Gasteiger partial charge in [0.15, 0.2) is 0 Å². The molecule has 1 aromatic carbocycles. The minimum absolute atomic E-state index is 0.296. The van der Waals surface area contributed by atoms with Crippen LogP contribution in [0.5, 0.6) is 5.75 Å². The van der Waals surface area contributed by atoms with Crippen molar-refractivity contribution in [2.24, 2.45) is 0 Å². The van der Waals surface area contributed by atoms with Gasteiger partial charge in [-0.1, -0.05) is 29.5 Å². The Morgan fingerprint density at radius 2 is 2.21 bits per heavy atom. The molecule has 1 heterocycles. The van der Waals surface area contributed by atoms with E-state index in [1.807, 2.05) is 12.1 Å². The van der Waals surface area contributed by atoms with Gasteiger partial charge in [0.1, 0.15) is 11.3 Å². The number of phenolic OH excluding ortho intramolecular Hbond substituents is 1. The van der Waals surface area contributed by atoms with E-state index >= 15 is 0 Å². The molecule has 72 valence electrons. The van der Waals surface area contributed by atoms with Crippen LogP contribution in [0, 0.1) is 0 Å². The van der Waals surface area contributed by atoms with Gasteiger partial charge in [0.05, 0.1) is 0 Å². The van der Waals surface area contributed by atoms with Gasteiger partial charge in [-0.25, -0.2) is 0 Å². The smallest absolute Gasteiger partial charge is 0.205 e. The van der Waals surface area contributed by atoms with Crippen molar-refractivity contribution in [3.8, 4) is 5.75 Å². The van der Waals surface area contributed by atoms with Crippen LogP contribution >= 0.6 is 11.3 Å². The molecule has 2 N–H and O–H groups in total. The van der Waals surface area contributed by atoms with E-state index in [1.165, 1.54) is 11.3 Å². The summed E-state index contributed by atoms with van der Waals surface area (Å²) in [5.41, 5.74) is 2.51. The van der Waals surface area contributed by atoms with Crippen LogP contribution in [0.3, 0.4) is 0 Å². The average molecular weight is 207 g/mol. The van der Waals surface area contributed by atoms with Gasteiger partial charge in [-0.3, -0.25) is 0 Å². The van der Waals surface area contributed by atoms with Crippen LogP contribution in [0.2, 0.25) is 0 Å². The molecule has 0 saturated carbocycles. The lowest BCUT2D eigenvalue weighted by atomic mass is 10.2. The van der Waals surface area contributed by atoms with E-state index in [2.05, 4.69) is 15.5 Å². The summed E-state index contributed by atoms with van der Waals surface area (Å²) in [4.78, 5) is 0. The fraction of sp³-hybridized carbons (Fsp3) is 0.111. The highest BCUT2D eigenvalue weighted by Crippen LogP contribution is 2.17. The Hall–Kier alpha value is -1.62. The van der Waals surface area contributed by atoms with Crippen molar-refractivity contribution in [2.75, 3.05) is 5.32 Å². The number of nitrogens with zero attached hydrogens (tertiary/aromatic N) is 2. The van der Waals surface area contributed by atoms with E-state index in [0.717, 1.165) is 10.7 Å². The Morgan fingerprint density at radius 3 is 2.93 bits per heavy atom. The summed E-state index contributed by atoms with van der Waals surface area (Å²) in [6.45, 7) is 0.557. The highest BCUT2D eigenvalue weighted by molar-refractivity contribution is 7.13. The average Bonchev–Trinajstić information content (AvgIpc) is 2.69. The summed E-state index contributed by atoms with van der Waals surface area (Å²) in [7, 11) is 0. The van der Waals surface area contributed by atoms with Crippen molar-refractivity contribution >= 4 is 16.5 Å². The van der Waals surface area contributed by atoms with Crippen LogP contribution in [0.25, 0.3) is 0 Å². The van der Waals surface area contributed by atoms with Gasteiger partial charge in [0.25, 0.3) is 0 Å². The van der Waals surface area contributed by atoms with Crippen molar-refractivity contribution in [1.29, 1.82) is 0 Å². The van der Waals surface area contributed by atoms with E-state index < -0.39 is 0 Å². The second kappa shape index (κ2) is 4.06. The van der Waals surface area contributed by atoms with E-state index in [-0.39, 0.29) is 0 Å². The standard InChI is InChI=1S/C9H9N3OS/c13-8-4-2-1-3-7(8)5-10-9-12-11-6-14-9/h1-4,6,13H,5H2,(H,10,12). The van der Waals surface area contributed by atoms with Crippen molar-refractivity contribution in [2.45, 2.75) is 6.54 Å². The number of anilines is 1. The van der Waals surface area contributed by atoms with Crippen LogP contribution < -0.4 is 5.32 Å². The molecule has 0 amide bonds. The molecule has 0 saturated heterocycles. The molecule has 0 atom stereocenters. The molecule has 1 aromatic heterocycles. The minimum atomic E-state index is 0.296. The van der Waals surface area contributed by atoms with Gasteiger partial charge in [0.2, 0.25) is 5.13 Å². The molecule has 0 aliphatic heterocycles. The molecular formula is C9H9N3OS. The fourth-order valence-corrected chi connectivity index (χ4v) is 1.53. The van der Waals surface area contributed by atoms with Crippen LogP contribution in [-0.4, -0.2) is 15.3 Å². The molecule has 5 heteroatoms. The third-order valence-corrected chi connectivity index (χ3v) is 2.43. The number of rotatable bonds is 3. The molecule has 14 heavy (non-hydrogen) atoms. The summed E-state index contributed by atoms with van der Waals surface area (Å²) < 4.78 is 0. The van der Waals surface area contributed by atoms with E-state index in [1.54, 1.807) is 17.6 Å². The van der Waals surface area contributed by atoms with E-state index in [0.29, 0.717) is 12.3 Å². The largest absolute Gasteiger partial charge is 0.508 e. The molecular weight excluding hydrogens is 198 g/mol. The van der Waals surface area contributed by atoms with Crippen molar-refractivity contribution < 1.29 is 5.11 Å². The van der Waals surface area contributed by atoms with Gasteiger partial charge in [0, 0.05) is 12.1 Å². The van der Waals surface area contributed by atoms with Gasteiger partial charge >= 0.3 is 0 Å². The van der Waals surface area contributed by atoms with Crippen LogP contribution in [0.4, 0.5) is 5.13 Å². The summed E-state index contributed by atoms with van der Waals surface area (Å²) in [6, 6.07) is 7.21. The molecule has 0 bridgehead atoms. The molecule has 4 nitrogen and oxygen atoms in total. The number of hydrogen-bond acceptors (Lipinski definition) is 5. The zero-order chi connectivity index (χ0) is 9.80. The van der Waals surface area contributed by atoms with Crippen LogP contribution in [0.1, 0.15) is 5.56 Å². The topological polar surface area (TPSA) is 58.0 Å². The minimum Gasteiger partial charge on any atom is -0.508 e. The quantitative estimate of drug-likeness (QED) is 0.806. The van der Waals surface area contributed by atoms with Gasteiger partial charge < -0.3 is 10.4 Å². The molecule has 2 rings (SSSR count). The lowest BCUT2D eigenvalue weighted by Crippen LogP contribution is -1.98. The molecule has 0 unspecified atom stereocenters. The molecule has 0 aliphatic rings. The Bertz CT molecular complexity index is 402. The first-order chi connectivity index (χ1) is 6.86. The molecule has 2 aromatic rings. The Labute approximate surface area is 85.2 Å². The SMILES string of the molecule is Oc1ccccc1CNc1nncs1. The van der Waals surface area contributed by atoms with Gasteiger partial charge in [-0.05, 0) is 6.07 Å².